The van der Waals surface area contributed by atoms with Crippen molar-refractivity contribution in [1.29, 1.82) is 0 Å². The minimum atomic E-state index is -0.244. The third-order valence-corrected chi connectivity index (χ3v) is 6.38. The number of nitrogens with one attached hydrogen (secondary N) is 1. The molecular formula is C18H33ClN2O3. The van der Waals surface area contributed by atoms with E-state index >= 15 is 0 Å². The van der Waals surface area contributed by atoms with E-state index in [-0.39, 0.29) is 30.0 Å². The molecule has 3 rings (SSSR count). The van der Waals surface area contributed by atoms with Gasteiger partial charge in [0.05, 0.1) is 12.2 Å². The maximum absolute atomic E-state index is 12.5. The van der Waals surface area contributed by atoms with Gasteiger partial charge in [0.15, 0.2) is 0 Å². The molecule has 2 atom stereocenters. The third kappa shape index (κ3) is 4.06. The Labute approximate surface area is 151 Å². The number of halogens is 1. The summed E-state index contributed by atoms with van der Waals surface area (Å²) in [6, 6.07) is 0. The number of carbonyl (C=O) groups is 1. The van der Waals surface area contributed by atoms with Crippen molar-refractivity contribution in [2.24, 2.45) is 11.3 Å². The molecular weight excluding hydrogens is 328 g/mol. The summed E-state index contributed by atoms with van der Waals surface area (Å²) >= 11 is 0. The number of aliphatic hydroxyl groups is 1. The smallest absolute Gasteiger partial charge is 0.222 e. The van der Waals surface area contributed by atoms with E-state index < -0.39 is 0 Å². The van der Waals surface area contributed by atoms with Crippen LogP contribution in [0.5, 0.6) is 0 Å². The van der Waals surface area contributed by atoms with E-state index in [1.54, 1.807) is 0 Å². The molecule has 1 saturated carbocycles. The number of amides is 1. The largest absolute Gasteiger partial charge is 0.392 e. The lowest BCUT2D eigenvalue weighted by Crippen LogP contribution is -2.62. The number of ether oxygens (including phenoxy) is 1. The topological polar surface area (TPSA) is 61.8 Å². The normalized spacial score (nSPS) is 29.8. The minimum Gasteiger partial charge on any atom is -0.392 e. The highest BCUT2D eigenvalue weighted by Crippen LogP contribution is 2.51. The van der Waals surface area contributed by atoms with Crippen LogP contribution in [0.2, 0.25) is 0 Å². The van der Waals surface area contributed by atoms with Crippen LogP contribution < -0.4 is 5.32 Å². The zero-order chi connectivity index (χ0) is 16.3. The first kappa shape index (κ1) is 20.0. The maximum atomic E-state index is 12.5. The molecule has 6 heteroatoms. The van der Waals surface area contributed by atoms with Gasteiger partial charge in [-0.2, -0.15) is 0 Å². The summed E-state index contributed by atoms with van der Waals surface area (Å²) < 4.78 is 5.79. The van der Waals surface area contributed by atoms with E-state index in [0.717, 1.165) is 51.9 Å². The van der Waals surface area contributed by atoms with Gasteiger partial charge in [-0.25, -0.2) is 0 Å². The number of rotatable bonds is 5. The quantitative estimate of drug-likeness (QED) is 0.786. The SMILES string of the molecule is CCOC1CC(O)C12CCN(C(=O)CCC1CCNCC1)CC2.Cl. The fourth-order valence-corrected chi connectivity index (χ4v) is 4.65. The number of aliphatic hydroxyl groups excluding tert-OH is 1. The Morgan fingerprint density at radius 2 is 1.96 bits per heavy atom. The van der Waals surface area contributed by atoms with Gasteiger partial charge in [-0.15, -0.1) is 12.4 Å². The molecule has 0 aromatic heterocycles. The van der Waals surface area contributed by atoms with Gasteiger partial charge in [0, 0.05) is 38.0 Å². The summed E-state index contributed by atoms with van der Waals surface area (Å²) in [7, 11) is 0. The van der Waals surface area contributed by atoms with Gasteiger partial charge in [0.1, 0.15) is 0 Å². The van der Waals surface area contributed by atoms with Crippen LogP contribution in [0.25, 0.3) is 0 Å². The van der Waals surface area contributed by atoms with Crippen molar-refractivity contribution >= 4 is 18.3 Å². The minimum absolute atomic E-state index is 0. The van der Waals surface area contributed by atoms with E-state index in [4.69, 9.17) is 4.74 Å². The lowest BCUT2D eigenvalue weighted by Gasteiger charge is -2.56. The Morgan fingerprint density at radius 1 is 1.29 bits per heavy atom. The lowest BCUT2D eigenvalue weighted by molar-refractivity contribution is -0.210. The molecule has 24 heavy (non-hydrogen) atoms. The van der Waals surface area contributed by atoms with Crippen molar-refractivity contribution in [1.82, 2.24) is 10.2 Å². The second-order valence-electron chi connectivity index (χ2n) is 7.54. The highest BCUT2D eigenvalue weighted by atomic mass is 35.5. The number of hydrogen-bond donors (Lipinski definition) is 2. The average Bonchev–Trinajstić information content (AvgIpc) is 2.60. The van der Waals surface area contributed by atoms with Crippen LogP contribution >= 0.6 is 12.4 Å². The molecule has 140 valence electrons. The summed E-state index contributed by atoms with van der Waals surface area (Å²) in [4.78, 5) is 14.5. The molecule has 1 spiro atoms. The van der Waals surface area contributed by atoms with E-state index in [2.05, 4.69) is 5.32 Å². The van der Waals surface area contributed by atoms with E-state index in [9.17, 15) is 9.90 Å². The first-order chi connectivity index (χ1) is 11.2. The molecule has 3 fully saturated rings. The molecule has 0 radical (unpaired) electrons. The molecule has 3 aliphatic rings. The van der Waals surface area contributed by atoms with Gasteiger partial charge in [0.25, 0.3) is 0 Å². The van der Waals surface area contributed by atoms with Crippen LogP contribution in [0.1, 0.15) is 51.9 Å². The van der Waals surface area contributed by atoms with Crippen molar-refractivity contribution in [3.05, 3.63) is 0 Å². The summed E-state index contributed by atoms with van der Waals surface area (Å²) in [5.74, 6) is 1.02. The predicted molar refractivity (Wildman–Crippen MR) is 96.4 cm³/mol. The molecule has 0 bridgehead atoms. The van der Waals surface area contributed by atoms with Gasteiger partial charge in [-0.05, 0) is 58.0 Å². The van der Waals surface area contributed by atoms with Crippen molar-refractivity contribution in [2.75, 3.05) is 32.8 Å². The van der Waals surface area contributed by atoms with E-state index in [1.165, 1.54) is 12.8 Å². The van der Waals surface area contributed by atoms with Crippen molar-refractivity contribution in [2.45, 2.75) is 64.1 Å². The number of carbonyl (C=O) groups excluding carboxylic acids is 1. The number of likely N-dealkylation sites (tertiary alicyclic amines) is 1. The monoisotopic (exact) mass is 360 g/mol. The molecule has 1 aliphatic carbocycles. The van der Waals surface area contributed by atoms with Gasteiger partial charge < -0.3 is 20.1 Å². The summed E-state index contributed by atoms with van der Waals surface area (Å²) in [5.41, 5.74) is -0.0815. The van der Waals surface area contributed by atoms with Gasteiger partial charge >= 0.3 is 0 Å². The molecule has 0 aromatic carbocycles. The van der Waals surface area contributed by atoms with Gasteiger partial charge in [-0.3, -0.25) is 4.79 Å². The molecule has 2 saturated heterocycles. The van der Waals surface area contributed by atoms with Gasteiger partial charge in [0.2, 0.25) is 5.91 Å². The maximum Gasteiger partial charge on any atom is 0.222 e. The first-order valence-corrected chi connectivity index (χ1v) is 9.44. The highest BCUT2D eigenvalue weighted by Gasteiger charge is 2.56. The van der Waals surface area contributed by atoms with Gasteiger partial charge in [-0.1, -0.05) is 0 Å². The van der Waals surface area contributed by atoms with Crippen molar-refractivity contribution in [3.63, 3.8) is 0 Å². The van der Waals surface area contributed by atoms with Crippen LogP contribution in [0, 0.1) is 11.3 Å². The predicted octanol–water partition coefficient (Wildman–Crippen LogP) is 1.97. The van der Waals surface area contributed by atoms with Crippen LogP contribution in [0.4, 0.5) is 0 Å². The first-order valence-electron chi connectivity index (χ1n) is 9.44. The zero-order valence-electron chi connectivity index (χ0n) is 14.8. The number of hydrogen-bond acceptors (Lipinski definition) is 4. The second-order valence-corrected chi connectivity index (χ2v) is 7.54. The number of nitrogens with zero attached hydrogens (tertiary/aromatic N) is 1. The van der Waals surface area contributed by atoms with E-state index in [0.29, 0.717) is 24.9 Å². The molecule has 5 nitrogen and oxygen atoms in total. The van der Waals surface area contributed by atoms with Crippen LogP contribution in [0.15, 0.2) is 0 Å². The summed E-state index contributed by atoms with van der Waals surface area (Å²) in [5, 5.41) is 13.6. The Hall–Kier alpha value is -0.360. The molecule has 1 amide bonds. The molecule has 2 aliphatic heterocycles. The fourth-order valence-electron chi connectivity index (χ4n) is 4.65. The van der Waals surface area contributed by atoms with Crippen molar-refractivity contribution < 1.29 is 14.6 Å². The molecule has 2 unspecified atom stereocenters. The fraction of sp³-hybridized carbons (Fsp3) is 0.944. The molecule has 2 heterocycles. The molecule has 0 aromatic rings. The Bertz CT molecular complexity index is 405. The highest BCUT2D eigenvalue weighted by molar-refractivity contribution is 5.85. The number of piperidine rings is 2. The average molecular weight is 361 g/mol. The zero-order valence-corrected chi connectivity index (χ0v) is 15.7. The van der Waals surface area contributed by atoms with E-state index in [1.807, 2.05) is 11.8 Å². The summed E-state index contributed by atoms with van der Waals surface area (Å²) in [6.45, 7) is 6.48. The Kier molecular flexibility index (Phi) is 7.35. The standard InChI is InChI=1S/C18H32N2O3.ClH/c1-2-23-16-13-15(21)18(16)7-11-20(12-8-18)17(22)4-3-14-5-9-19-10-6-14;/h14-16,19,21H,2-13H2,1H3;1H. The Morgan fingerprint density at radius 3 is 2.54 bits per heavy atom. The van der Waals surface area contributed by atoms with Crippen molar-refractivity contribution in [3.8, 4) is 0 Å². The second kappa shape index (κ2) is 8.84. The third-order valence-electron chi connectivity index (χ3n) is 6.38. The summed E-state index contributed by atoms with van der Waals surface area (Å²) in [6.07, 6.45) is 6.62. The van der Waals surface area contributed by atoms with Crippen LogP contribution in [0.3, 0.4) is 0 Å². The molecule has 2 N–H and O–H groups in total. The van der Waals surface area contributed by atoms with Crippen LogP contribution in [-0.4, -0.2) is 60.9 Å². The lowest BCUT2D eigenvalue weighted by atomic mass is 9.58. The van der Waals surface area contributed by atoms with Crippen LogP contribution in [-0.2, 0) is 9.53 Å². The Balaban J connectivity index is 0.00000208.